The monoisotopic (exact) mass is 378 g/mol. The maximum atomic E-state index is 14.5. The average Bonchev–Trinajstić information content (AvgIpc) is 2.98. The molecule has 0 saturated heterocycles. The zero-order chi connectivity index (χ0) is 19.0. The van der Waals surface area contributed by atoms with E-state index in [0.29, 0.717) is 6.29 Å². The Bertz CT molecular complexity index is 1060. The molecule has 2 N–H and O–H groups in total. The number of halogens is 3. The molecular formula is C17H13ClF2N4O2. The van der Waals surface area contributed by atoms with Gasteiger partial charge in [0.1, 0.15) is 22.4 Å². The van der Waals surface area contributed by atoms with Gasteiger partial charge in [0.25, 0.3) is 5.56 Å². The zero-order valence-electron chi connectivity index (χ0n) is 13.5. The molecule has 0 aliphatic carbocycles. The van der Waals surface area contributed by atoms with Gasteiger partial charge in [0.15, 0.2) is 6.29 Å². The summed E-state index contributed by atoms with van der Waals surface area (Å²) < 4.78 is 31.1. The Labute approximate surface area is 151 Å². The van der Waals surface area contributed by atoms with Gasteiger partial charge in [-0.05, 0) is 25.1 Å². The van der Waals surface area contributed by atoms with Gasteiger partial charge in [-0.2, -0.15) is 5.10 Å². The Morgan fingerprint density at radius 3 is 2.54 bits per heavy atom. The van der Waals surface area contributed by atoms with E-state index in [1.165, 1.54) is 18.3 Å². The van der Waals surface area contributed by atoms with Crippen molar-refractivity contribution in [2.75, 3.05) is 5.73 Å². The Balaban J connectivity index is 2.52. The molecule has 0 amide bonds. The third-order valence-corrected chi connectivity index (χ3v) is 4.19. The first-order chi connectivity index (χ1) is 12.4. The summed E-state index contributed by atoms with van der Waals surface area (Å²) in [6, 6.07) is 4.55. The Morgan fingerprint density at radius 2 is 1.96 bits per heavy atom. The normalized spacial score (nSPS) is 10.9. The highest BCUT2D eigenvalue weighted by Crippen LogP contribution is 2.32. The van der Waals surface area contributed by atoms with Crippen molar-refractivity contribution >= 4 is 23.6 Å². The SMILES string of the molecule is CCn1c(-c2c(F)cccc2F)c(-n2ncc(N)c2C=O)cc(Cl)c1=O. The highest BCUT2D eigenvalue weighted by molar-refractivity contribution is 6.30. The molecule has 0 spiro atoms. The second-order valence-corrected chi connectivity index (χ2v) is 5.79. The predicted molar refractivity (Wildman–Crippen MR) is 93.7 cm³/mol. The molecular weight excluding hydrogens is 366 g/mol. The standard InChI is InChI=1S/C17H13ClF2N4O2/c1-2-23-16(15-10(19)4-3-5-11(15)20)13(6-9(18)17(23)26)24-14(8-25)12(21)7-22-24/h3-8H,2,21H2,1H3. The van der Waals surface area contributed by atoms with Crippen molar-refractivity contribution in [3.8, 4) is 16.9 Å². The van der Waals surface area contributed by atoms with Gasteiger partial charge < -0.3 is 10.3 Å². The minimum absolute atomic E-state index is 0.0274. The van der Waals surface area contributed by atoms with E-state index in [0.717, 1.165) is 21.4 Å². The number of carbonyl (C=O) groups is 1. The molecule has 2 heterocycles. The first kappa shape index (κ1) is 17.8. The van der Waals surface area contributed by atoms with E-state index in [1.54, 1.807) is 6.92 Å². The number of hydrogen-bond acceptors (Lipinski definition) is 4. The molecule has 0 bridgehead atoms. The molecule has 0 aliphatic rings. The number of anilines is 1. The summed E-state index contributed by atoms with van der Waals surface area (Å²) in [5, 5.41) is 3.80. The lowest BCUT2D eigenvalue weighted by Gasteiger charge is -2.18. The van der Waals surface area contributed by atoms with Gasteiger partial charge in [0, 0.05) is 6.54 Å². The van der Waals surface area contributed by atoms with Crippen LogP contribution in [0.25, 0.3) is 16.9 Å². The van der Waals surface area contributed by atoms with Crippen LogP contribution >= 0.6 is 11.6 Å². The predicted octanol–water partition coefficient (Wildman–Crippen LogP) is 3.05. The van der Waals surface area contributed by atoms with Crippen molar-refractivity contribution in [1.29, 1.82) is 0 Å². The number of aldehydes is 1. The van der Waals surface area contributed by atoms with Crippen LogP contribution in [0.15, 0.2) is 35.3 Å². The summed E-state index contributed by atoms with van der Waals surface area (Å²) in [6.07, 6.45) is 1.68. The number of nitrogens with zero attached hydrogens (tertiary/aromatic N) is 3. The number of aromatic nitrogens is 3. The van der Waals surface area contributed by atoms with Crippen LogP contribution < -0.4 is 11.3 Å². The van der Waals surface area contributed by atoms with E-state index in [4.69, 9.17) is 17.3 Å². The lowest BCUT2D eigenvalue weighted by molar-refractivity contribution is 0.111. The third kappa shape index (κ3) is 2.68. The summed E-state index contributed by atoms with van der Waals surface area (Å²) in [5.74, 6) is -1.74. The van der Waals surface area contributed by atoms with Crippen LogP contribution in [0, 0.1) is 11.6 Å². The van der Waals surface area contributed by atoms with Crippen molar-refractivity contribution in [3.05, 3.63) is 63.2 Å². The second kappa shape index (κ2) is 6.72. The first-order valence-corrected chi connectivity index (χ1v) is 7.95. The van der Waals surface area contributed by atoms with E-state index >= 15 is 0 Å². The van der Waals surface area contributed by atoms with Gasteiger partial charge in [-0.15, -0.1) is 0 Å². The molecule has 6 nitrogen and oxygen atoms in total. The van der Waals surface area contributed by atoms with Crippen molar-refractivity contribution in [2.24, 2.45) is 0 Å². The molecule has 2 aromatic heterocycles. The third-order valence-electron chi connectivity index (χ3n) is 3.92. The molecule has 3 rings (SSSR count). The van der Waals surface area contributed by atoms with Gasteiger partial charge in [-0.3, -0.25) is 9.59 Å². The van der Waals surface area contributed by atoms with Crippen molar-refractivity contribution in [2.45, 2.75) is 13.5 Å². The lowest BCUT2D eigenvalue weighted by Crippen LogP contribution is -2.24. The molecule has 0 aliphatic heterocycles. The number of nitrogens with two attached hydrogens (primary N) is 1. The minimum atomic E-state index is -0.872. The van der Waals surface area contributed by atoms with Gasteiger partial charge in [0.2, 0.25) is 0 Å². The highest BCUT2D eigenvalue weighted by Gasteiger charge is 2.24. The summed E-state index contributed by atoms with van der Waals surface area (Å²) in [7, 11) is 0. The summed E-state index contributed by atoms with van der Waals surface area (Å²) >= 11 is 6.01. The molecule has 0 atom stereocenters. The van der Waals surface area contributed by atoms with Crippen LogP contribution in [0.5, 0.6) is 0 Å². The quantitative estimate of drug-likeness (QED) is 0.707. The number of hydrogen-bond donors (Lipinski definition) is 1. The van der Waals surface area contributed by atoms with Crippen molar-refractivity contribution in [3.63, 3.8) is 0 Å². The number of carbonyl (C=O) groups excluding carboxylic acids is 1. The Kier molecular flexibility index (Phi) is 4.60. The highest BCUT2D eigenvalue weighted by atomic mass is 35.5. The summed E-state index contributed by atoms with van der Waals surface area (Å²) in [5.41, 5.74) is 4.67. The Hall–Kier alpha value is -3.00. The van der Waals surface area contributed by atoms with Gasteiger partial charge in [-0.1, -0.05) is 17.7 Å². The topological polar surface area (TPSA) is 82.9 Å². The van der Waals surface area contributed by atoms with Crippen molar-refractivity contribution in [1.82, 2.24) is 14.3 Å². The fourth-order valence-corrected chi connectivity index (χ4v) is 2.95. The smallest absolute Gasteiger partial charge is 0.269 e. The first-order valence-electron chi connectivity index (χ1n) is 7.57. The van der Waals surface area contributed by atoms with E-state index in [9.17, 15) is 18.4 Å². The number of nitrogen functional groups attached to an aromatic ring is 1. The molecule has 0 unspecified atom stereocenters. The van der Waals surface area contributed by atoms with E-state index in [-0.39, 0.29) is 34.3 Å². The maximum absolute atomic E-state index is 14.5. The Morgan fingerprint density at radius 1 is 1.31 bits per heavy atom. The van der Waals surface area contributed by atoms with E-state index in [1.807, 2.05) is 0 Å². The fourth-order valence-electron chi connectivity index (χ4n) is 2.75. The van der Waals surface area contributed by atoms with E-state index < -0.39 is 22.8 Å². The van der Waals surface area contributed by atoms with Gasteiger partial charge in [0.05, 0.1) is 28.8 Å². The number of pyridine rings is 1. The van der Waals surface area contributed by atoms with Crippen LogP contribution in [0.1, 0.15) is 17.4 Å². The molecule has 0 radical (unpaired) electrons. The van der Waals surface area contributed by atoms with E-state index in [2.05, 4.69) is 5.10 Å². The largest absolute Gasteiger partial charge is 0.396 e. The minimum Gasteiger partial charge on any atom is -0.396 e. The maximum Gasteiger partial charge on any atom is 0.269 e. The summed E-state index contributed by atoms with van der Waals surface area (Å²) in [4.78, 5) is 23.8. The van der Waals surface area contributed by atoms with Crippen molar-refractivity contribution < 1.29 is 13.6 Å². The number of rotatable bonds is 4. The van der Waals surface area contributed by atoms with Gasteiger partial charge >= 0.3 is 0 Å². The zero-order valence-corrected chi connectivity index (χ0v) is 14.3. The molecule has 134 valence electrons. The fraction of sp³-hybridized carbons (Fsp3) is 0.118. The van der Waals surface area contributed by atoms with Crippen LogP contribution in [-0.2, 0) is 6.54 Å². The van der Waals surface area contributed by atoms with Crippen LogP contribution in [0.2, 0.25) is 5.02 Å². The van der Waals surface area contributed by atoms with Gasteiger partial charge in [-0.25, -0.2) is 13.5 Å². The molecule has 26 heavy (non-hydrogen) atoms. The van der Waals surface area contributed by atoms with Crippen LogP contribution in [0.3, 0.4) is 0 Å². The summed E-state index contributed by atoms with van der Waals surface area (Å²) in [6.45, 7) is 1.71. The number of benzene rings is 1. The molecule has 0 saturated carbocycles. The average molecular weight is 379 g/mol. The van der Waals surface area contributed by atoms with Crippen LogP contribution in [0.4, 0.5) is 14.5 Å². The molecule has 9 heteroatoms. The molecule has 3 aromatic rings. The lowest BCUT2D eigenvalue weighted by atomic mass is 10.1. The molecule has 1 aromatic carbocycles. The van der Waals surface area contributed by atoms with Crippen LogP contribution in [-0.4, -0.2) is 20.6 Å². The second-order valence-electron chi connectivity index (χ2n) is 5.39. The molecule has 0 fully saturated rings.